The van der Waals surface area contributed by atoms with E-state index in [1.807, 2.05) is 23.9 Å². The highest BCUT2D eigenvalue weighted by atomic mass is 32.2. The molecule has 0 fully saturated rings. The summed E-state index contributed by atoms with van der Waals surface area (Å²) in [5, 5.41) is 0. The van der Waals surface area contributed by atoms with Gasteiger partial charge in [0.25, 0.3) is 0 Å². The molecule has 0 aliphatic rings. The molecule has 12 heavy (non-hydrogen) atoms. The Bertz CT molecular complexity index is 216. The van der Waals surface area contributed by atoms with Crippen LogP contribution in [0.4, 0.5) is 0 Å². The Morgan fingerprint density at radius 3 is 2.50 bits per heavy atom. The van der Waals surface area contributed by atoms with Crippen molar-refractivity contribution in [2.45, 2.75) is 29.6 Å². The molecule has 0 saturated heterocycles. The van der Waals surface area contributed by atoms with Crippen molar-refractivity contribution in [3.8, 4) is 0 Å². The molecule has 0 radical (unpaired) electrons. The Morgan fingerprint density at radius 2 is 1.92 bits per heavy atom. The Hall–Kier alpha value is -0.0800. The minimum Gasteiger partial charge on any atom is -0.143 e. The van der Waals surface area contributed by atoms with Crippen LogP contribution in [0.3, 0.4) is 0 Å². The number of thioether (sulfide) groups is 1. The third-order valence-corrected chi connectivity index (χ3v) is 3.00. The molecule has 1 aromatic carbocycles. The van der Waals surface area contributed by atoms with E-state index in [1.165, 1.54) is 23.5 Å². The molecule has 1 aromatic rings. The first kappa shape index (κ1) is 10.0. The maximum Gasteiger partial charge on any atom is 0.00727 e. The molecule has 0 amide bonds. The van der Waals surface area contributed by atoms with Gasteiger partial charge in [-0.25, -0.2) is 0 Å². The Morgan fingerprint density at radius 1 is 1.25 bits per heavy atom. The largest absolute Gasteiger partial charge is 0.143 e. The van der Waals surface area contributed by atoms with E-state index in [-0.39, 0.29) is 0 Å². The first-order chi connectivity index (χ1) is 5.83. The molecule has 0 aliphatic carbocycles. The van der Waals surface area contributed by atoms with E-state index in [1.54, 1.807) is 0 Å². The van der Waals surface area contributed by atoms with Gasteiger partial charge in [0, 0.05) is 9.79 Å². The summed E-state index contributed by atoms with van der Waals surface area (Å²) in [7, 11) is 0. The molecule has 0 unspecified atom stereocenters. The van der Waals surface area contributed by atoms with Gasteiger partial charge in [-0.15, -0.1) is 24.4 Å². The van der Waals surface area contributed by atoms with Crippen LogP contribution in [-0.4, -0.2) is 5.75 Å². The SMILES string of the molecule is CCCCSc1ccc(S)cc1. The summed E-state index contributed by atoms with van der Waals surface area (Å²) in [6.45, 7) is 2.22. The smallest absolute Gasteiger partial charge is 0.00727 e. The molecule has 2 heteroatoms. The van der Waals surface area contributed by atoms with Crippen LogP contribution in [-0.2, 0) is 0 Å². The average Bonchev–Trinajstić information content (AvgIpc) is 2.09. The monoisotopic (exact) mass is 198 g/mol. The molecule has 0 N–H and O–H groups in total. The predicted octanol–water partition coefficient (Wildman–Crippen LogP) is 3.87. The van der Waals surface area contributed by atoms with Gasteiger partial charge in [-0.2, -0.15) is 0 Å². The van der Waals surface area contributed by atoms with Crippen LogP contribution >= 0.6 is 24.4 Å². The predicted molar refractivity (Wildman–Crippen MR) is 59.3 cm³/mol. The third-order valence-electron chi connectivity index (χ3n) is 1.60. The van der Waals surface area contributed by atoms with Gasteiger partial charge >= 0.3 is 0 Å². The molecule has 0 heterocycles. The maximum absolute atomic E-state index is 4.23. The second-order valence-electron chi connectivity index (χ2n) is 2.70. The molecule has 66 valence electrons. The molecule has 1 rings (SSSR count). The summed E-state index contributed by atoms with van der Waals surface area (Å²) in [6.07, 6.45) is 2.57. The minimum atomic E-state index is 1.04. The van der Waals surface area contributed by atoms with Crippen molar-refractivity contribution in [2.75, 3.05) is 5.75 Å². The minimum absolute atomic E-state index is 1.04. The second kappa shape index (κ2) is 5.55. The zero-order valence-electron chi connectivity index (χ0n) is 7.29. The van der Waals surface area contributed by atoms with Gasteiger partial charge < -0.3 is 0 Å². The lowest BCUT2D eigenvalue weighted by molar-refractivity contribution is 0.896. The van der Waals surface area contributed by atoms with Gasteiger partial charge in [-0.05, 0) is 36.4 Å². The van der Waals surface area contributed by atoms with Crippen molar-refractivity contribution in [2.24, 2.45) is 0 Å². The van der Waals surface area contributed by atoms with E-state index in [2.05, 4.69) is 31.7 Å². The highest BCUT2D eigenvalue weighted by Crippen LogP contribution is 2.20. The van der Waals surface area contributed by atoms with E-state index in [0.717, 1.165) is 4.90 Å². The molecule has 0 atom stereocenters. The van der Waals surface area contributed by atoms with E-state index >= 15 is 0 Å². The molecule has 0 saturated carbocycles. The number of benzene rings is 1. The lowest BCUT2D eigenvalue weighted by atomic mass is 10.4. The highest BCUT2D eigenvalue weighted by Gasteiger charge is 1.92. The van der Waals surface area contributed by atoms with Crippen LogP contribution < -0.4 is 0 Å². The highest BCUT2D eigenvalue weighted by molar-refractivity contribution is 7.99. The van der Waals surface area contributed by atoms with Crippen molar-refractivity contribution in [1.82, 2.24) is 0 Å². The Labute approximate surface area is 84.2 Å². The summed E-state index contributed by atoms with van der Waals surface area (Å²) in [4.78, 5) is 2.39. The standard InChI is InChI=1S/C10H14S2/c1-2-3-8-12-10-6-4-9(11)5-7-10/h4-7,11H,2-3,8H2,1H3. The Balaban J connectivity index is 2.37. The van der Waals surface area contributed by atoms with Gasteiger partial charge in [0.05, 0.1) is 0 Å². The first-order valence-corrected chi connectivity index (χ1v) is 5.68. The quantitative estimate of drug-likeness (QED) is 0.435. The van der Waals surface area contributed by atoms with Crippen molar-refractivity contribution >= 4 is 24.4 Å². The van der Waals surface area contributed by atoms with Crippen LogP contribution in [0.15, 0.2) is 34.1 Å². The Kier molecular flexibility index (Phi) is 4.62. The van der Waals surface area contributed by atoms with Crippen LogP contribution in [0.25, 0.3) is 0 Å². The average molecular weight is 198 g/mol. The fraction of sp³-hybridized carbons (Fsp3) is 0.400. The van der Waals surface area contributed by atoms with E-state index in [4.69, 9.17) is 0 Å². The maximum atomic E-state index is 4.23. The van der Waals surface area contributed by atoms with E-state index < -0.39 is 0 Å². The van der Waals surface area contributed by atoms with E-state index in [0.29, 0.717) is 0 Å². The normalized spacial score (nSPS) is 10.2. The first-order valence-electron chi connectivity index (χ1n) is 4.24. The fourth-order valence-electron chi connectivity index (χ4n) is 0.877. The van der Waals surface area contributed by atoms with Crippen molar-refractivity contribution in [1.29, 1.82) is 0 Å². The summed E-state index contributed by atoms with van der Waals surface area (Å²) in [5.41, 5.74) is 0. The zero-order chi connectivity index (χ0) is 8.81. The summed E-state index contributed by atoms with van der Waals surface area (Å²) in [5.74, 6) is 1.22. The van der Waals surface area contributed by atoms with Gasteiger partial charge in [0.15, 0.2) is 0 Å². The topological polar surface area (TPSA) is 0 Å². The van der Waals surface area contributed by atoms with Crippen LogP contribution in [0, 0.1) is 0 Å². The fourth-order valence-corrected chi connectivity index (χ4v) is 2.02. The molecule has 0 bridgehead atoms. The number of unbranched alkanes of at least 4 members (excludes halogenated alkanes) is 1. The zero-order valence-corrected chi connectivity index (χ0v) is 9.00. The summed E-state index contributed by atoms with van der Waals surface area (Å²) >= 11 is 6.15. The number of hydrogen-bond donors (Lipinski definition) is 1. The van der Waals surface area contributed by atoms with E-state index in [9.17, 15) is 0 Å². The third kappa shape index (κ3) is 3.55. The number of thiol groups is 1. The second-order valence-corrected chi connectivity index (χ2v) is 4.38. The number of rotatable bonds is 4. The van der Waals surface area contributed by atoms with Crippen LogP contribution in [0.1, 0.15) is 19.8 Å². The van der Waals surface area contributed by atoms with Gasteiger partial charge in [0.2, 0.25) is 0 Å². The lowest BCUT2D eigenvalue weighted by Gasteiger charge is -1.99. The molecule has 0 aromatic heterocycles. The van der Waals surface area contributed by atoms with Crippen LogP contribution in [0.2, 0.25) is 0 Å². The molecule has 0 aliphatic heterocycles. The van der Waals surface area contributed by atoms with Gasteiger partial charge in [-0.3, -0.25) is 0 Å². The summed E-state index contributed by atoms with van der Waals surface area (Å²) < 4.78 is 0. The molecular weight excluding hydrogens is 184 g/mol. The molecule has 0 nitrogen and oxygen atoms in total. The van der Waals surface area contributed by atoms with Gasteiger partial charge in [-0.1, -0.05) is 13.3 Å². The molecular formula is C10H14S2. The van der Waals surface area contributed by atoms with Crippen LogP contribution in [0.5, 0.6) is 0 Å². The van der Waals surface area contributed by atoms with Crippen molar-refractivity contribution in [3.05, 3.63) is 24.3 Å². The van der Waals surface area contributed by atoms with Gasteiger partial charge in [0.1, 0.15) is 0 Å². The summed E-state index contributed by atoms with van der Waals surface area (Å²) in [6, 6.07) is 8.33. The lowest BCUT2D eigenvalue weighted by Crippen LogP contribution is -1.77. The molecule has 0 spiro atoms. The van der Waals surface area contributed by atoms with Crippen molar-refractivity contribution < 1.29 is 0 Å². The van der Waals surface area contributed by atoms with Crippen molar-refractivity contribution in [3.63, 3.8) is 0 Å². The number of hydrogen-bond acceptors (Lipinski definition) is 2.